The van der Waals surface area contributed by atoms with Crippen LogP contribution in [0.3, 0.4) is 0 Å². The highest BCUT2D eigenvalue weighted by Gasteiger charge is 2.29. The lowest BCUT2D eigenvalue weighted by atomic mass is 10.1. The molecule has 1 aliphatic heterocycles. The quantitative estimate of drug-likeness (QED) is 0.317. The van der Waals surface area contributed by atoms with Gasteiger partial charge in [-0.2, -0.15) is 11.8 Å². The van der Waals surface area contributed by atoms with Crippen molar-refractivity contribution in [1.29, 1.82) is 0 Å². The predicted molar refractivity (Wildman–Crippen MR) is 91.5 cm³/mol. The molecule has 0 aromatic carbocycles. The van der Waals surface area contributed by atoms with E-state index in [0.29, 0.717) is 17.7 Å². The maximum Gasteiger partial charge on any atom is 0.307 e. The fourth-order valence-electron chi connectivity index (χ4n) is 1.85. The normalized spacial score (nSPS) is 22.6. The molecule has 0 bridgehead atoms. The number of ether oxygens (including phenoxy) is 1. The van der Waals surface area contributed by atoms with Gasteiger partial charge in [-0.3, -0.25) is 9.79 Å². The van der Waals surface area contributed by atoms with Crippen molar-refractivity contribution in [1.82, 2.24) is 10.6 Å². The van der Waals surface area contributed by atoms with E-state index in [-0.39, 0.29) is 29.9 Å². The van der Waals surface area contributed by atoms with Gasteiger partial charge in [-0.1, -0.05) is 0 Å². The number of nitrogens with zero attached hydrogens (tertiary/aromatic N) is 1. The van der Waals surface area contributed by atoms with Crippen LogP contribution in [0.25, 0.3) is 0 Å². The van der Waals surface area contributed by atoms with Gasteiger partial charge in [0.05, 0.1) is 13.5 Å². The maximum atomic E-state index is 11.0. The third-order valence-corrected chi connectivity index (χ3v) is 4.54. The summed E-state index contributed by atoms with van der Waals surface area (Å²) in [4.78, 5) is 15.1. The van der Waals surface area contributed by atoms with Crippen molar-refractivity contribution in [2.75, 3.05) is 33.0 Å². The van der Waals surface area contributed by atoms with E-state index in [4.69, 9.17) is 0 Å². The van der Waals surface area contributed by atoms with Crippen LogP contribution in [0.4, 0.5) is 0 Å². The molecule has 5 nitrogen and oxygen atoms in total. The summed E-state index contributed by atoms with van der Waals surface area (Å²) < 4.78 is 4.89. The van der Waals surface area contributed by atoms with Crippen molar-refractivity contribution in [3.63, 3.8) is 0 Å². The molecule has 7 heteroatoms. The first kappa shape index (κ1) is 18.8. The van der Waals surface area contributed by atoms with Gasteiger partial charge in [0.1, 0.15) is 0 Å². The molecule has 1 saturated heterocycles. The zero-order valence-corrected chi connectivity index (χ0v) is 15.0. The van der Waals surface area contributed by atoms with Gasteiger partial charge in [0.25, 0.3) is 0 Å². The fourth-order valence-corrected chi connectivity index (χ4v) is 3.10. The zero-order valence-electron chi connectivity index (χ0n) is 11.8. The molecular formula is C12H24IN3O2S. The number of guanidine groups is 1. The highest BCUT2D eigenvalue weighted by Crippen LogP contribution is 2.36. The number of hydrogen-bond acceptors (Lipinski definition) is 4. The minimum atomic E-state index is -0.212. The number of nitrogens with one attached hydrogen (secondary N) is 2. The first-order chi connectivity index (χ1) is 8.59. The van der Waals surface area contributed by atoms with Crippen LogP contribution in [-0.4, -0.2) is 49.7 Å². The minimum Gasteiger partial charge on any atom is -0.469 e. The molecule has 0 aliphatic carbocycles. The lowest BCUT2D eigenvalue weighted by Gasteiger charge is -2.24. The van der Waals surface area contributed by atoms with Crippen LogP contribution < -0.4 is 10.6 Å². The van der Waals surface area contributed by atoms with Crippen molar-refractivity contribution in [2.45, 2.75) is 30.9 Å². The molecule has 1 aliphatic rings. The monoisotopic (exact) mass is 401 g/mol. The van der Waals surface area contributed by atoms with Gasteiger partial charge in [0.15, 0.2) is 5.96 Å². The third kappa shape index (κ3) is 7.24. The molecule has 1 rings (SSSR count). The molecule has 2 N–H and O–H groups in total. The molecule has 112 valence electrons. The van der Waals surface area contributed by atoms with E-state index in [1.165, 1.54) is 25.7 Å². The summed E-state index contributed by atoms with van der Waals surface area (Å²) in [5, 5.41) is 6.41. The second kappa shape index (κ2) is 9.68. The standard InChI is InChI=1S/C12H23N3O2S.HI/c1-12(6-4-8-18-12)9-15-11(13-2)14-7-5-10(16)17-3;/h4-9H2,1-3H3,(H2,13,14,15);1H. The first-order valence-electron chi connectivity index (χ1n) is 6.25. The summed E-state index contributed by atoms with van der Waals surface area (Å²) in [6.07, 6.45) is 2.88. The van der Waals surface area contributed by atoms with E-state index in [1.807, 2.05) is 11.8 Å². The molecule has 1 atom stereocenters. The molecule has 0 radical (unpaired) electrons. The lowest BCUT2D eigenvalue weighted by Crippen LogP contribution is -2.44. The Morgan fingerprint density at radius 3 is 2.74 bits per heavy atom. The van der Waals surface area contributed by atoms with E-state index >= 15 is 0 Å². The number of aliphatic imine (C=N–C) groups is 1. The van der Waals surface area contributed by atoms with Gasteiger partial charge < -0.3 is 15.4 Å². The molecule has 0 amide bonds. The molecular weight excluding hydrogens is 377 g/mol. The lowest BCUT2D eigenvalue weighted by molar-refractivity contribution is -0.140. The molecule has 19 heavy (non-hydrogen) atoms. The Balaban J connectivity index is 0.00000324. The Labute approximate surface area is 136 Å². The van der Waals surface area contributed by atoms with E-state index in [2.05, 4.69) is 27.3 Å². The van der Waals surface area contributed by atoms with Crippen LogP contribution in [-0.2, 0) is 9.53 Å². The Morgan fingerprint density at radius 1 is 1.47 bits per heavy atom. The summed E-state index contributed by atoms with van der Waals surface area (Å²) in [6.45, 7) is 3.71. The number of carbonyl (C=O) groups is 1. The third-order valence-electron chi connectivity index (χ3n) is 3.00. The number of thioether (sulfide) groups is 1. The van der Waals surface area contributed by atoms with Crippen LogP contribution in [0.15, 0.2) is 4.99 Å². The molecule has 1 fully saturated rings. The number of hydrogen-bond donors (Lipinski definition) is 2. The summed E-state index contributed by atoms with van der Waals surface area (Å²) in [5.41, 5.74) is 0. The Bertz CT molecular complexity index is 307. The van der Waals surface area contributed by atoms with Crippen molar-refractivity contribution in [3.8, 4) is 0 Å². The maximum absolute atomic E-state index is 11.0. The highest BCUT2D eigenvalue weighted by atomic mass is 127. The van der Waals surface area contributed by atoms with Crippen LogP contribution in [0.2, 0.25) is 0 Å². The van der Waals surface area contributed by atoms with Crippen LogP contribution in [0, 0.1) is 0 Å². The van der Waals surface area contributed by atoms with Crippen LogP contribution in [0.5, 0.6) is 0 Å². The average Bonchev–Trinajstić information content (AvgIpc) is 2.80. The smallest absolute Gasteiger partial charge is 0.307 e. The van der Waals surface area contributed by atoms with E-state index in [0.717, 1.165) is 12.5 Å². The van der Waals surface area contributed by atoms with Crippen molar-refractivity contribution in [3.05, 3.63) is 0 Å². The number of halogens is 1. The Kier molecular flexibility index (Phi) is 9.59. The van der Waals surface area contributed by atoms with Gasteiger partial charge in [0, 0.05) is 24.9 Å². The van der Waals surface area contributed by atoms with Gasteiger partial charge >= 0.3 is 5.97 Å². The summed E-state index contributed by atoms with van der Waals surface area (Å²) in [7, 11) is 3.13. The first-order valence-corrected chi connectivity index (χ1v) is 7.23. The fraction of sp³-hybridized carbons (Fsp3) is 0.833. The topological polar surface area (TPSA) is 62.7 Å². The second-order valence-electron chi connectivity index (χ2n) is 4.58. The molecule has 0 saturated carbocycles. The summed E-state index contributed by atoms with van der Waals surface area (Å²) in [5.74, 6) is 1.77. The number of rotatable bonds is 5. The zero-order chi connectivity index (χ0) is 13.4. The molecule has 1 heterocycles. The Hall–Kier alpha value is -0.180. The number of esters is 1. The average molecular weight is 401 g/mol. The SMILES string of the molecule is CN=C(NCCC(=O)OC)NCC1(C)CCCS1.I. The molecule has 0 spiro atoms. The van der Waals surface area contributed by atoms with E-state index in [9.17, 15) is 4.79 Å². The minimum absolute atomic E-state index is 0. The summed E-state index contributed by atoms with van der Waals surface area (Å²) in [6, 6.07) is 0. The highest BCUT2D eigenvalue weighted by molar-refractivity contribution is 14.0. The van der Waals surface area contributed by atoms with Crippen molar-refractivity contribution in [2.24, 2.45) is 4.99 Å². The van der Waals surface area contributed by atoms with Crippen molar-refractivity contribution >= 4 is 47.7 Å². The van der Waals surface area contributed by atoms with Crippen LogP contribution >= 0.6 is 35.7 Å². The largest absolute Gasteiger partial charge is 0.469 e. The van der Waals surface area contributed by atoms with E-state index < -0.39 is 0 Å². The molecule has 0 aromatic heterocycles. The molecule has 1 unspecified atom stereocenters. The number of carbonyl (C=O) groups excluding carboxylic acids is 1. The van der Waals surface area contributed by atoms with Gasteiger partial charge in [-0.25, -0.2) is 0 Å². The van der Waals surface area contributed by atoms with Crippen molar-refractivity contribution < 1.29 is 9.53 Å². The van der Waals surface area contributed by atoms with Gasteiger partial charge in [0.2, 0.25) is 0 Å². The van der Waals surface area contributed by atoms with Crippen LogP contribution in [0.1, 0.15) is 26.2 Å². The predicted octanol–water partition coefficient (Wildman–Crippen LogP) is 1.62. The van der Waals surface area contributed by atoms with E-state index in [1.54, 1.807) is 7.05 Å². The molecule has 0 aromatic rings. The second-order valence-corrected chi connectivity index (χ2v) is 6.26. The van der Waals surface area contributed by atoms with Gasteiger partial charge in [-0.05, 0) is 25.5 Å². The number of methoxy groups -OCH3 is 1. The van der Waals surface area contributed by atoms with Gasteiger partial charge in [-0.15, -0.1) is 24.0 Å². The Morgan fingerprint density at radius 2 is 2.21 bits per heavy atom. The summed E-state index contributed by atoms with van der Waals surface area (Å²) >= 11 is 2.01.